The van der Waals surface area contributed by atoms with Gasteiger partial charge in [0.2, 0.25) is 5.91 Å². The molecular weight excluding hydrogens is 374 g/mol. The van der Waals surface area contributed by atoms with Gasteiger partial charge < -0.3 is 19.5 Å². The first-order chi connectivity index (χ1) is 13.6. The molecule has 0 aliphatic carbocycles. The molecule has 1 aliphatic heterocycles. The van der Waals surface area contributed by atoms with Gasteiger partial charge in [0.1, 0.15) is 5.75 Å². The Bertz CT molecular complexity index is 1010. The van der Waals surface area contributed by atoms with Crippen LogP contribution in [0.25, 0.3) is 10.9 Å². The molecule has 0 atom stereocenters. The second-order valence-electron chi connectivity index (χ2n) is 7.13. The van der Waals surface area contributed by atoms with E-state index in [-0.39, 0.29) is 5.91 Å². The van der Waals surface area contributed by atoms with Gasteiger partial charge >= 0.3 is 0 Å². The van der Waals surface area contributed by atoms with E-state index in [1.165, 1.54) is 0 Å². The number of hydrogen-bond donors (Lipinski definition) is 1. The van der Waals surface area contributed by atoms with Crippen molar-refractivity contribution in [2.45, 2.75) is 13.3 Å². The summed E-state index contributed by atoms with van der Waals surface area (Å²) >= 11 is 6.16. The van der Waals surface area contributed by atoms with Crippen LogP contribution in [0.1, 0.15) is 11.3 Å². The zero-order chi connectivity index (χ0) is 19.7. The van der Waals surface area contributed by atoms with Crippen LogP contribution in [-0.2, 0) is 11.2 Å². The van der Waals surface area contributed by atoms with Gasteiger partial charge in [-0.1, -0.05) is 23.7 Å². The summed E-state index contributed by atoms with van der Waals surface area (Å²) in [6, 6.07) is 13.8. The highest BCUT2D eigenvalue weighted by molar-refractivity contribution is 6.31. The minimum absolute atomic E-state index is 0.156. The first kappa shape index (κ1) is 18.7. The molecule has 0 saturated carbocycles. The highest BCUT2D eigenvalue weighted by Crippen LogP contribution is 2.29. The Kier molecular flexibility index (Phi) is 5.18. The van der Waals surface area contributed by atoms with E-state index in [1.54, 1.807) is 7.11 Å². The summed E-state index contributed by atoms with van der Waals surface area (Å²) in [6.45, 7) is 5.02. The molecule has 2 aromatic carbocycles. The molecule has 0 unspecified atom stereocenters. The van der Waals surface area contributed by atoms with E-state index in [9.17, 15) is 4.79 Å². The quantitative estimate of drug-likeness (QED) is 0.723. The molecule has 4 rings (SSSR count). The van der Waals surface area contributed by atoms with Crippen molar-refractivity contribution in [2.75, 3.05) is 38.2 Å². The highest BCUT2D eigenvalue weighted by Gasteiger charge is 2.24. The van der Waals surface area contributed by atoms with Crippen LogP contribution < -0.4 is 9.64 Å². The lowest BCUT2D eigenvalue weighted by atomic mass is 10.1. The van der Waals surface area contributed by atoms with Crippen LogP contribution in [0, 0.1) is 6.92 Å². The molecule has 5 nitrogen and oxygen atoms in total. The lowest BCUT2D eigenvalue weighted by Gasteiger charge is -2.36. The Balaban J connectivity index is 1.45. The van der Waals surface area contributed by atoms with Gasteiger partial charge in [-0.2, -0.15) is 0 Å². The minimum atomic E-state index is 0.156. The third-order valence-electron chi connectivity index (χ3n) is 5.47. The topological polar surface area (TPSA) is 48.6 Å². The summed E-state index contributed by atoms with van der Waals surface area (Å²) in [5, 5.41) is 1.72. The Hall–Kier alpha value is -2.66. The second-order valence-corrected chi connectivity index (χ2v) is 7.57. The number of para-hydroxylation sites is 2. The predicted molar refractivity (Wildman–Crippen MR) is 114 cm³/mol. The number of benzene rings is 2. The average Bonchev–Trinajstić information content (AvgIpc) is 3.02. The first-order valence-corrected chi connectivity index (χ1v) is 9.87. The van der Waals surface area contributed by atoms with Crippen LogP contribution in [0.15, 0.2) is 42.5 Å². The number of H-pyrrole nitrogens is 1. The standard InChI is InChI=1S/C22H24ClN3O2/c1-15-17(18-13-16(23)7-8-19(18)24-15)14-22(27)26-11-9-25(10-12-26)20-5-3-4-6-21(20)28-2/h3-8,13,24H,9-12,14H2,1-2H3. The van der Waals surface area contributed by atoms with E-state index >= 15 is 0 Å². The van der Waals surface area contributed by atoms with Crippen LogP contribution in [0.5, 0.6) is 5.75 Å². The van der Waals surface area contributed by atoms with Crippen molar-refractivity contribution >= 4 is 34.1 Å². The van der Waals surface area contributed by atoms with Gasteiger partial charge in [0.15, 0.2) is 0 Å². The summed E-state index contributed by atoms with van der Waals surface area (Å²) < 4.78 is 5.47. The smallest absolute Gasteiger partial charge is 0.227 e. The average molecular weight is 398 g/mol. The van der Waals surface area contributed by atoms with Crippen molar-refractivity contribution in [3.63, 3.8) is 0 Å². The van der Waals surface area contributed by atoms with Gasteiger partial charge in [-0.3, -0.25) is 4.79 Å². The number of aromatic nitrogens is 1. The third-order valence-corrected chi connectivity index (χ3v) is 5.70. The fraction of sp³-hybridized carbons (Fsp3) is 0.318. The Morgan fingerprint density at radius 3 is 2.64 bits per heavy atom. The zero-order valence-electron chi connectivity index (χ0n) is 16.2. The van der Waals surface area contributed by atoms with Crippen LogP contribution in [0.4, 0.5) is 5.69 Å². The molecule has 146 valence electrons. The number of hydrogen-bond acceptors (Lipinski definition) is 3. The normalized spacial score (nSPS) is 14.5. The highest BCUT2D eigenvalue weighted by atomic mass is 35.5. The van der Waals surface area contributed by atoms with Crippen molar-refractivity contribution in [2.24, 2.45) is 0 Å². The number of nitrogens with zero attached hydrogens (tertiary/aromatic N) is 2. The number of piperazine rings is 1. The Labute approximate surface area is 169 Å². The minimum Gasteiger partial charge on any atom is -0.495 e. The molecule has 1 fully saturated rings. The van der Waals surface area contributed by atoms with Crippen LogP contribution in [-0.4, -0.2) is 49.1 Å². The monoisotopic (exact) mass is 397 g/mol. The molecule has 1 aliphatic rings. The van der Waals surface area contributed by atoms with E-state index in [0.29, 0.717) is 24.5 Å². The number of anilines is 1. The first-order valence-electron chi connectivity index (χ1n) is 9.49. The largest absolute Gasteiger partial charge is 0.495 e. The van der Waals surface area contributed by atoms with E-state index in [0.717, 1.165) is 46.7 Å². The Morgan fingerprint density at radius 1 is 1.14 bits per heavy atom. The lowest BCUT2D eigenvalue weighted by Crippen LogP contribution is -2.49. The van der Waals surface area contributed by atoms with Crippen molar-refractivity contribution in [1.82, 2.24) is 9.88 Å². The molecule has 28 heavy (non-hydrogen) atoms. The van der Waals surface area contributed by atoms with Gasteiger partial charge in [-0.05, 0) is 42.8 Å². The van der Waals surface area contributed by atoms with Crippen LogP contribution >= 0.6 is 11.6 Å². The van der Waals surface area contributed by atoms with Gasteiger partial charge in [0.05, 0.1) is 19.2 Å². The molecular formula is C22H24ClN3O2. The molecule has 1 saturated heterocycles. The maximum Gasteiger partial charge on any atom is 0.227 e. The summed E-state index contributed by atoms with van der Waals surface area (Å²) in [6.07, 6.45) is 0.390. The van der Waals surface area contributed by atoms with Crippen molar-refractivity contribution in [1.29, 1.82) is 0 Å². The number of ether oxygens (including phenoxy) is 1. The maximum absolute atomic E-state index is 12.9. The van der Waals surface area contributed by atoms with Crippen molar-refractivity contribution in [3.05, 3.63) is 58.7 Å². The van der Waals surface area contributed by atoms with Crippen molar-refractivity contribution in [3.8, 4) is 5.75 Å². The number of rotatable bonds is 4. The maximum atomic E-state index is 12.9. The fourth-order valence-electron chi connectivity index (χ4n) is 3.93. The molecule has 3 aromatic rings. The summed E-state index contributed by atoms with van der Waals surface area (Å²) in [7, 11) is 1.69. The van der Waals surface area contributed by atoms with Gasteiger partial charge in [-0.15, -0.1) is 0 Å². The van der Waals surface area contributed by atoms with Gasteiger partial charge in [0.25, 0.3) is 0 Å². The van der Waals surface area contributed by atoms with Crippen LogP contribution in [0.3, 0.4) is 0 Å². The van der Waals surface area contributed by atoms with Crippen LogP contribution in [0.2, 0.25) is 5.02 Å². The number of aromatic amines is 1. The summed E-state index contributed by atoms with van der Waals surface area (Å²) in [4.78, 5) is 20.5. The number of fused-ring (bicyclic) bond motifs is 1. The number of carbonyl (C=O) groups excluding carboxylic acids is 1. The number of aryl methyl sites for hydroxylation is 1. The van der Waals surface area contributed by atoms with E-state index < -0.39 is 0 Å². The molecule has 1 N–H and O–H groups in total. The molecule has 0 spiro atoms. The predicted octanol–water partition coefficient (Wildman–Crippen LogP) is 4.03. The number of halogens is 1. The molecule has 6 heteroatoms. The molecule has 0 radical (unpaired) electrons. The summed E-state index contributed by atoms with van der Waals surface area (Å²) in [5.74, 6) is 1.03. The lowest BCUT2D eigenvalue weighted by molar-refractivity contribution is -0.130. The summed E-state index contributed by atoms with van der Waals surface area (Å²) in [5.41, 5.74) is 4.16. The van der Waals surface area contributed by atoms with Crippen molar-refractivity contribution < 1.29 is 9.53 Å². The second kappa shape index (κ2) is 7.76. The molecule has 1 amide bonds. The van der Waals surface area contributed by atoms with E-state index in [2.05, 4.69) is 16.0 Å². The van der Waals surface area contributed by atoms with Gasteiger partial charge in [-0.25, -0.2) is 0 Å². The van der Waals surface area contributed by atoms with Gasteiger partial charge in [0, 0.05) is 47.8 Å². The number of nitrogens with one attached hydrogen (secondary N) is 1. The number of carbonyl (C=O) groups is 1. The van der Waals surface area contributed by atoms with E-state index in [4.69, 9.17) is 16.3 Å². The zero-order valence-corrected chi connectivity index (χ0v) is 16.9. The molecule has 0 bridgehead atoms. The number of methoxy groups -OCH3 is 1. The molecule has 1 aromatic heterocycles. The Morgan fingerprint density at radius 2 is 1.89 bits per heavy atom. The SMILES string of the molecule is COc1ccccc1N1CCN(C(=O)Cc2c(C)[nH]c3ccc(Cl)cc23)CC1. The van der Waals surface area contributed by atoms with E-state index in [1.807, 2.05) is 48.2 Å². The number of amides is 1. The third kappa shape index (κ3) is 3.54. The fourth-order valence-corrected chi connectivity index (χ4v) is 4.11. The molecule has 2 heterocycles.